The fourth-order valence-electron chi connectivity index (χ4n) is 2.99. The van der Waals surface area contributed by atoms with Crippen LogP contribution in [0.25, 0.3) is 10.8 Å². The molecule has 0 spiro atoms. The number of rotatable bonds is 9. The van der Waals surface area contributed by atoms with Gasteiger partial charge in [0.2, 0.25) is 5.91 Å². The number of esters is 1. The molecule has 0 atom stereocenters. The van der Waals surface area contributed by atoms with Crippen molar-refractivity contribution < 1.29 is 23.9 Å². The van der Waals surface area contributed by atoms with Crippen LogP contribution in [0.1, 0.15) is 30.6 Å². The van der Waals surface area contributed by atoms with Gasteiger partial charge in [-0.05, 0) is 53.1 Å². The molecule has 1 N–H and O–H groups in total. The normalized spacial score (nSPS) is 10.7. The van der Waals surface area contributed by atoms with Gasteiger partial charge in [0.05, 0.1) is 0 Å². The molecular weight excluding hydrogens is 394 g/mol. The van der Waals surface area contributed by atoms with E-state index in [1.807, 2.05) is 50.2 Å². The molecule has 160 valence electrons. The molecule has 0 aromatic heterocycles. The van der Waals surface area contributed by atoms with E-state index in [9.17, 15) is 14.4 Å². The van der Waals surface area contributed by atoms with Crippen LogP contribution in [-0.2, 0) is 14.3 Å². The van der Waals surface area contributed by atoms with Gasteiger partial charge in [-0.25, -0.2) is 4.79 Å². The first kappa shape index (κ1) is 22.0. The largest absolute Gasteiger partial charge is 0.482 e. The van der Waals surface area contributed by atoms with Crippen LogP contribution >= 0.6 is 0 Å². The summed E-state index contributed by atoms with van der Waals surface area (Å²) in [4.78, 5) is 36.0. The quantitative estimate of drug-likeness (QED) is 0.404. The Balaban J connectivity index is 1.45. The van der Waals surface area contributed by atoms with Gasteiger partial charge in [0.25, 0.3) is 0 Å². The lowest BCUT2D eigenvalue weighted by molar-refractivity contribution is -0.144. The minimum atomic E-state index is -0.626. The molecule has 6 nitrogen and oxygen atoms in total. The highest BCUT2D eigenvalue weighted by molar-refractivity contribution is 5.99. The standard InChI is InChI=1S/C25H25NO5/c1-17(2)13-24(28)26-21-10-7-19(8-11-21)23(27)15-31-25(29)16-30-22-12-9-18-5-3-4-6-20(18)14-22/h3-12,14,17H,13,15-16H2,1-2H3,(H,26,28). The molecule has 0 heterocycles. The summed E-state index contributed by atoms with van der Waals surface area (Å²) in [5.41, 5.74) is 1.01. The van der Waals surface area contributed by atoms with Crippen LogP contribution in [0.5, 0.6) is 5.75 Å². The number of ether oxygens (including phenoxy) is 2. The van der Waals surface area contributed by atoms with Crippen molar-refractivity contribution in [3.8, 4) is 5.75 Å². The van der Waals surface area contributed by atoms with Gasteiger partial charge in [0.15, 0.2) is 19.0 Å². The molecule has 0 bridgehead atoms. The Bertz CT molecular complexity index is 1070. The molecule has 0 aliphatic rings. The monoisotopic (exact) mass is 419 g/mol. The van der Waals surface area contributed by atoms with Gasteiger partial charge < -0.3 is 14.8 Å². The van der Waals surface area contributed by atoms with Gasteiger partial charge in [0, 0.05) is 17.7 Å². The second kappa shape index (κ2) is 10.4. The minimum absolute atomic E-state index is 0.0746. The summed E-state index contributed by atoms with van der Waals surface area (Å²) in [5, 5.41) is 4.87. The van der Waals surface area contributed by atoms with E-state index in [4.69, 9.17) is 9.47 Å². The van der Waals surface area contributed by atoms with Crippen molar-refractivity contribution >= 4 is 34.1 Å². The number of hydrogen-bond acceptors (Lipinski definition) is 5. The average Bonchev–Trinajstić information content (AvgIpc) is 2.75. The lowest BCUT2D eigenvalue weighted by Crippen LogP contribution is -2.19. The highest BCUT2D eigenvalue weighted by Gasteiger charge is 2.12. The maximum Gasteiger partial charge on any atom is 0.344 e. The Morgan fingerprint density at radius 1 is 0.871 bits per heavy atom. The van der Waals surface area contributed by atoms with Crippen LogP contribution in [0.2, 0.25) is 0 Å². The molecule has 0 saturated heterocycles. The molecule has 3 aromatic carbocycles. The summed E-state index contributed by atoms with van der Waals surface area (Å²) < 4.78 is 10.5. The van der Waals surface area contributed by atoms with Gasteiger partial charge in [-0.2, -0.15) is 0 Å². The first-order chi connectivity index (χ1) is 14.9. The van der Waals surface area contributed by atoms with Crippen molar-refractivity contribution in [3.05, 3.63) is 72.3 Å². The number of amides is 1. The third kappa shape index (κ3) is 6.67. The average molecular weight is 419 g/mol. The summed E-state index contributed by atoms with van der Waals surface area (Å²) in [6.45, 7) is 3.27. The topological polar surface area (TPSA) is 81.7 Å². The number of anilines is 1. The van der Waals surface area contributed by atoms with Crippen molar-refractivity contribution in [2.75, 3.05) is 18.5 Å². The third-order valence-electron chi connectivity index (χ3n) is 4.53. The van der Waals surface area contributed by atoms with Crippen LogP contribution in [0.3, 0.4) is 0 Å². The van der Waals surface area contributed by atoms with E-state index >= 15 is 0 Å². The highest BCUT2D eigenvalue weighted by atomic mass is 16.6. The number of Topliss-reactive ketones (excluding diaryl/α,β-unsaturated/α-hetero) is 1. The molecule has 0 aliphatic heterocycles. The first-order valence-electron chi connectivity index (χ1n) is 10.1. The molecule has 0 aliphatic carbocycles. The maximum atomic E-state index is 12.2. The Labute approximate surface area is 181 Å². The van der Waals surface area contributed by atoms with Crippen LogP contribution < -0.4 is 10.1 Å². The van der Waals surface area contributed by atoms with E-state index in [-0.39, 0.29) is 30.8 Å². The second-order valence-electron chi connectivity index (χ2n) is 7.60. The van der Waals surface area contributed by atoms with E-state index in [1.165, 1.54) is 0 Å². The van der Waals surface area contributed by atoms with Crippen molar-refractivity contribution in [3.63, 3.8) is 0 Å². The van der Waals surface area contributed by atoms with Gasteiger partial charge >= 0.3 is 5.97 Å². The highest BCUT2D eigenvalue weighted by Crippen LogP contribution is 2.20. The molecular formula is C25H25NO5. The molecule has 3 rings (SSSR count). The zero-order valence-corrected chi connectivity index (χ0v) is 17.6. The fraction of sp³-hybridized carbons (Fsp3) is 0.240. The predicted molar refractivity (Wildman–Crippen MR) is 119 cm³/mol. The van der Waals surface area contributed by atoms with Crippen molar-refractivity contribution in [1.29, 1.82) is 0 Å². The number of ketones is 1. The molecule has 0 radical (unpaired) electrons. The van der Waals surface area contributed by atoms with Crippen molar-refractivity contribution in [2.24, 2.45) is 5.92 Å². The zero-order valence-electron chi connectivity index (χ0n) is 17.6. The Morgan fingerprint density at radius 3 is 2.29 bits per heavy atom. The number of nitrogens with one attached hydrogen (secondary N) is 1. The molecule has 0 saturated carbocycles. The zero-order chi connectivity index (χ0) is 22.2. The van der Waals surface area contributed by atoms with E-state index < -0.39 is 5.97 Å². The van der Waals surface area contributed by atoms with Crippen LogP contribution in [-0.4, -0.2) is 30.9 Å². The summed E-state index contributed by atoms with van der Waals surface area (Å²) in [6.07, 6.45) is 0.428. The molecule has 0 unspecified atom stereocenters. The smallest absolute Gasteiger partial charge is 0.344 e. The van der Waals surface area contributed by atoms with Crippen LogP contribution in [0.15, 0.2) is 66.7 Å². The Hall–Kier alpha value is -3.67. The number of benzene rings is 3. The van der Waals surface area contributed by atoms with E-state index in [0.717, 1.165) is 10.8 Å². The second-order valence-corrected chi connectivity index (χ2v) is 7.60. The Kier molecular flexibility index (Phi) is 7.38. The van der Waals surface area contributed by atoms with Gasteiger partial charge in [-0.15, -0.1) is 0 Å². The van der Waals surface area contributed by atoms with E-state index in [0.29, 0.717) is 23.4 Å². The summed E-state index contributed by atoms with van der Waals surface area (Å²) in [6, 6.07) is 19.8. The molecule has 6 heteroatoms. The number of hydrogen-bond donors (Lipinski definition) is 1. The molecule has 0 fully saturated rings. The molecule has 1 amide bonds. The molecule has 31 heavy (non-hydrogen) atoms. The van der Waals surface area contributed by atoms with Gasteiger partial charge in [-0.1, -0.05) is 44.2 Å². The minimum Gasteiger partial charge on any atom is -0.482 e. The van der Waals surface area contributed by atoms with Crippen LogP contribution in [0, 0.1) is 5.92 Å². The first-order valence-corrected chi connectivity index (χ1v) is 10.1. The van der Waals surface area contributed by atoms with E-state index in [1.54, 1.807) is 30.3 Å². The van der Waals surface area contributed by atoms with E-state index in [2.05, 4.69) is 5.32 Å². The lowest BCUT2D eigenvalue weighted by atomic mass is 10.1. The molecule has 3 aromatic rings. The van der Waals surface area contributed by atoms with Crippen molar-refractivity contribution in [1.82, 2.24) is 0 Å². The SMILES string of the molecule is CC(C)CC(=O)Nc1ccc(C(=O)COC(=O)COc2ccc3ccccc3c2)cc1. The summed E-state index contributed by atoms with van der Waals surface area (Å²) in [5.74, 6) is -0.217. The summed E-state index contributed by atoms with van der Waals surface area (Å²) >= 11 is 0. The summed E-state index contributed by atoms with van der Waals surface area (Å²) in [7, 11) is 0. The third-order valence-corrected chi connectivity index (χ3v) is 4.53. The lowest BCUT2D eigenvalue weighted by Gasteiger charge is -2.09. The number of carbonyl (C=O) groups excluding carboxylic acids is 3. The maximum absolute atomic E-state index is 12.2. The van der Waals surface area contributed by atoms with Gasteiger partial charge in [-0.3, -0.25) is 9.59 Å². The fourth-order valence-corrected chi connectivity index (χ4v) is 2.99. The Morgan fingerprint density at radius 2 is 1.58 bits per heavy atom. The van der Waals surface area contributed by atoms with Gasteiger partial charge in [0.1, 0.15) is 5.75 Å². The number of fused-ring (bicyclic) bond motifs is 1. The predicted octanol–water partition coefficient (Wildman–Crippen LogP) is 4.63. The van der Waals surface area contributed by atoms with Crippen molar-refractivity contribution in [2.45, 2.75) is 20.3 Å². The number of carbonyl (C=O) groups is 3. The van der Waals surface area contributed by atoms with Crippen LogP contribution in [0.4, 0.5) is 5.69 Å².